The fourth-order valence-corrected chi connectivity index (χ4v) is 3.06. The highest BCUT2D eigenvalue weighted by atomic mass is 79.9. The topological polar surface area (TPSA) is 84.0 Å². The fourth-order valence-electron chi connectivity index (χ4n) is 1.63. The molecule has 2 rings (SSSR count). The van der Waals surface area contributed by atoms with Crippen molar-refractivity contribution in [2.45, 2.75) is 18.7 Å². The first-order valence-electron chi connectivity index (χ1n) is 6.27. The number of hydrogen-bond donors (Lipinski definition) is 2. The number of aromatic nitrogens is 2. The molecule has 0 unspecified atom stereocenters. The van der Waals surface area contributed by atoms with Crippen molar-refractivity contribution in [3.8, 4) is 0 Å². The van der Waals surface area contributed by atoms with Gasteiger partial charge in [-0.05, 0) is 47.5 Å². The molecule has 112 valence electrons. The molecule has 0 atom stereocenters. The smallest absolute Gasteiger partial charge is 0.265 e. The van der Waals surface area contributed by atoms with Crippen LogP contribution < -0.4 is 10.0 Å². The van der Waals surface area contributed by atoms with Crippen LogP contribution in [0.25, 0.3) is 0 Å². The van der Waals surface area contributed by atoms with Crippen molar-refractivity contribution in [3.05, 3.63) is 40.6 Å². The second-order valence-corrected chi connectivity index (χ2v) is 6.90. The lowest BCUT2D eigenvalue weighted by atomic mass is 10.2. The van der Waals surface area contributed by atoms with Crippen molar-refractivity contribution in [1.82, 2.24) is 9.97 Å². The SMILES string of the molecule is CCNc1ncc(S(=O)(=O)Nc2cc(C)ccc2Br)cn1. The zero-order chi connectivity index (χ0) is 15.5. The van der Waals surface area contributed by atoms with Crippen molar-refractivity contribution in [3.63, 3.8) is 0 Å². The highest BCUT2D eigenvalue weighted by Crippen LogP contribution is 2.25. The normalized spacial score (nSPS) is 11.2. The van der Waals surface area contributed by atoms with E-state index >= 15 is 0 Å². The maximum Gasteiger partial charge on any atom is 0.265 e. The van der Waals surface area contributed by atoms with Gasteiger partial charge < -0.3 is 5.32 Å². The van der Waals surface area contributed by atoms with Crippen LogP contribution in [-0.2, 0) is 10.0 Å². The molecule has 2 aromatic rings. The predicted octanol–water partition coefficient (Wildman–Crippen LogP) is 2.78. The Morgan fingerprint density at radius 1 is 1.24 bits per heavy atom. The number of nitrogens with one attached hydrogen (secondary N) is 2. The van der Waals surface area contributed by atoms with Crippen LogP contribution in [0.15, 0.2) is 40.0 Å². The summed E-state index contributed by atoms with van der Waals surface area (Å²) in [6.07, 6.45) is 2.55. The highest BCUT2D eigenvalue weighted by molar-refractivity contribution is 9.10. The van der Waals surface area contributed by atoms with Crippen molar-refractivity contribution < 1.29 is 8.42 Å². The molecular formula is C13H15BrN4O2S. The van der Waals surface area contributed by atoms with Crippen molar-refractivity contribution in [1.29, 1.82) is 0 Å². The summed E-state index contributed by atoms with van der Waals surface area (Å²) in [5.41, 5.74) is 1.43. The van der Waals surface area contributed by atoms with Crippen LogP contribution in [-0.4, -0.2) is 24.9 Å². The third-order valence-corrected chi connectivity index (χ3v) is 4.65. The molecule has 0 aliphatic heterocycles. The Hall–Kier alpha value is -1.67. The Bertz CT molecular complexity index is 732. The minimum absolute atomic E-state index is 0.0116. The zero-order valence-corrected chi connectivity index (χ0v) is 14.0. The van der Waals surface area contributed by atoms with E-state index in [-0.39, 0.29) is 4.90 Å². The Morgan fingerprint density at radius 3 is 2.52 bits per heavy atom. The molecule has 0 radical (unpaired) electrons. The van der Waals surface area contributed by atoms with Gasteiger partial charge in [0.15, 0.2) is 0 Å². The molecule has 6 nitrogen and oxygen atoms in total. The summed E-state index contributed by atoms with van der Waals surface area (Å²) >= 11 is 3.32. The van der Waals surface area contributed by atoms with E-state index < -0.39 is 10.0 Å². The molecule has 1 aromatic carbocycles. The summed E-state index contributed by atoms with van der Waals surface area (Å²) in [6, 6.07) is 5.42. The molecule has 8 heteroatoms. The van der Waals surface area contributed by atoms with Gasteiger partial charge in [0.2, 0.25) is 5.95 Å². The van der Waals surface area contributed by atoms with Gasteiger partial charge in [-0.2, -0.15) is 0 Å². The van der Waals surface area contributed by atoms with Gasteiger partial charge in [0.1, 0.15) is 4.90 Å². The van der Waals surface area contributed by atoms with Crippen molar-refractivity contribution >= 4 is 37.6 Å². The van der Waals surface area contributed by atoms with E-state index in [2.05, 4.69) is 35.9 Å². The summed E-state index contributed by atoms with van der Waals surface area (Å²) in [6.45, 7) is 4.46. The first-order valence-corrected chi connectivity index (χ1v) is 8.55. The lowest BCUT2D eigenvalue weighted by Gasteiger charge is -2.10. The molecule has 0 saturated heterocycles. The molecule has 0 bridgehead atoms. The molecule has 0 aliphatic carbocycles. The summed E-state index contributed by atoms with van der Waals surface area (Å²) in [5, 5.41) is 2.91. The second kappa shape index (κ2) is 6.40. The first kappa shape index (κ1) is 15.7. The Labute approximate surface area is 132 Å². The van der Waals surface area contributed by atoms with Gasteiger partial charge in [0.05, 0.1) is 18.1 Å². The Morgan fingerprint density at radius 2 is 1.90 bits per heavy atom. The molecule has 0 amide bonds. The number of halogens is 1. The first-order chi connectivity index (χ1) is 9.92. The van der Waals surface area contributed by atoms with Crippen LogP contribution in [0.1, 0.15) is 12.5 Å². The van der Waals surface area contributed by atoms with Gasteiger partial charge in [0, 0.05) is 11.0 Å². The molecular weight excluding hydrogens is 356 g/mol. The number of benzene rings is 1. The predicted molar refractivity (Wildman–Crippen MR) is 85.9 cm³/mol. The Kier molecular flexibility index (Phi) is 4.79. The number of hydrogen-bond acceptors (Lipinski definition) is 5. The zero-order valence-electron chi connectivity index (χ0n) is 11.6. The number of sulfonamides is 1. The summed E-state index contributed by atoms with van der Waals surface area (Å²) in [4.78, 5) is 7.94. The van der Waals surface area contributed by atoms with E-state index in [1.165, 1.54) is 12.4 Å². The van der Waals surface area contributed by atoms with E-state index in [0.29, 0.717) is 22.7 Å². The van der Waals surface area contributed by atoms with E-state index in [0.717, 1.165) is 5.56 Å². The molecule has 21 heavy (non-hydrogen) atoms. The van der Waals surface area contributed by atoms with Gasteiger partial charge in [-0.25, -0.2) is 18.4 Å². The number of aryl methyl sites for hydroxylation is 1. The quantitative estimate of drug-likeness (QED) is 0.845. The van der Waals surface area contributed by atoms with E-state index in [1.54, 1.807) is 12.1 Å². The average Bonchev–Trinajstić information content (AvgIpc) is 2.44. The molecule has 1 heterocycles. The van der Waals surface area contributed by atoms with Gasteiger partial charge in [-0.3, -0.25) is 4.72 Å². The highest BCUT2D eigenvalue weighted by Gasteiger charge is 2.17. The van der Waals surface area contributed by atoms with Gasteiger partial charge in [-0.1, -0.05) is 6.07 Å². The summed E-state index contributed by atoms with van der Waals surface area (Å²) in [7, 11) is -3.72. The third kappa shape index (κ3) is 3.92. The van der Waals surface area contributed by atoms with Crippen molar-refractivity contribution in [2.75, 3.05) is 16.6 Å². The van der Waals surface area contributed by atoms with Crippen LogP contribution in [0, 0.1) is 6.92 Å². The van der Waals surface area contributed by atoms with Crippen molar-refractivity contribution in [2.24, 2.45) is 0 Å². The van der Waals surface area contributed by atoms with Crippen LogP contribution in [0.4, 0.5) is 11.6 Å². The van der Waals surface area contributed by atoms with Crippen LogP contribution in [0.5, 0.6) is 0 Å². The maximum atomic E-state index is 12.3. The standard InChI is InChI=1S/C13H15BrN4O2S/c1-3-15-13-16-7-10(8-17-13)21(19,20)18-12-6-9(2)4-5-11(12)14/h4-8,18H,3H2,1-2H3,(H,15,16,17). The van der Waals surface area contributed by atoms with Gasteiger partial charge >= 0.3 is 0 Å². The second-order valence-electron chi connectivity index (χ2n) is 4.36. The number of rotatable bonds is 5. The summed E-state index contributed by atoms with van der Waals surface area (Å²) < 4.78 is 27.8. The monoisotopic (exact) mass is 370 g/mol. The number of anilines is 2. The van der Waals surface area contributed by atoms with Crippen LogP contribution >= 0.6 is 15.9 Å². The Balaban J connectivity index is 2.27. The maximum absolute atomic E-state index is 12.3. The van der Waals surface area contributed by atoms with Crippen LogP contribution in [0.2, 0.25) is 0 Å². The molecule has 0 fully saturated rings. The van der Waals surface area contributed by atoms with E-state index in [9.17, 15) is 8.42 Å². The average molecular weight is 371 g/mol. The molecule has 2 N–H and O–H groups in total. The van der Waals surface area contributed by atoms with Gasteiger partial charge in [-0.15, -0.1) is 0 Å². The molecule has 1 aromatic heterocycles. The number of nitrogens with zero attached hydrogens (tertiary/aromatic N) is 2. The van der Waals surface area contributed by atoms with E-state index in [1.807, 2.05) is 19.9 Å². The third-order valence-electron chi connectivity index (χ3n) is 2.64. The molecule has 0 aliphatic rings. The molecule has 0 saturated carbocycles. The van der Waals surface area contributed by atoms with Gasteiger partial charge in [0.25, 0.3) is 10.0 Å². The lowest BCUT2D eigenvalue weighted by Crippen LogP contribution is -2.14. The largest absolute Gasteiger partial charge is 0.355 e. The minimum Gasteiger partial charge on any atom is -0.355 e. The lowest BCUT2D eigenvalue weighted by molar-refractivity contribution is 0.600. The summed E-state index contributed by atoms with van der Waals surface area (Å²) in [5.74, 6) is 0.396. The van der Waals surface area contributed by atoms with Crippen LogP contribution in [0.3, 0.4) is 0 Å². The van der Waals surface area contributed by atoms with E-state index in [4.69, 9.17) is 0 Å². The minimum atomic E-state index is -3.72. The molecule has 0 spiro atoms. The fraction of sp³-hybridized carbons (Fsp3) is 0.231.